The molecule has 1 heterocycles. The van der Waals surface area contributed by atoms with Crippen molar-refractivity contribution in [1.82, 2.24) is 10.2 Å². The molecule has 6 heteroatoms. The average molecular weight is 282 g/mol. The number of furan rings is 1. The predicted octanol–water partition coefficient (Wildman–Crippen LogP) is 2.31. The van der Waals surface area contributed by atoms with Crippen LogP contribution in [0.2, 0.25) is 0 Å². The van der Waals surface area contributed by atoms with E-state index in [4.69, 9.17) is 9.52 Å². The van der Waals surface area contributed by atoms with Crippen LogP contribution in [0, 0.1) is 5.92 Å². The van der Waals surface area contributed by atoms with Crippen molar-refractivity contribution < 1.29 is 19.1 Å². The number of nitrogens with one attached hydrogen (secondary N) is 1. The highest BCUT2D eigenvalue weighted by Gasteiger charge is 2.23. The molecule has 0 aliphatic rings. The first-order chi connectivity index (χ1) is 9.43. The summed E-state index contributed by atoms with van der Waals surface area (Å²) in [6, 6.07) is 2.27. The Morgan fingerprint density at radius 2 is 2.15 bits per heavy atom. The van der Waals surface area contributed by atoms with Gasteiger partial charge < -0.3 is 19.7 Å². The molecule has 20 heavy (non-hydrogen) atoms. The van der Waals surface area contributed by atoms with Crippen LogP contribution in [0.1, 0.15) is 33.0 Å². The SMILES string of the molecule is CCN(Cc1ccco1)C(=O)N[C@@H](CC(C)C)C(=O)O. The van der Waals surface area contributed by atoms with Gasteiger partial charge in [0.25, 0.3) is 0 Å². The van der Waals surface area contributed by atoms with Crippen molar-refractivity contribution in [3.8, 4) is 0 Å². The Hall–Kier alpha value is -1.98. The average Bonchev–Trinajstić information content (AvgIpc) is 2.87. The van der Waals surface area contributed by atoms with Crippen LogP contribution < -0.4 is 5.32 Å². The summed E-state index contributed by atoms with van der Waals surface area (Å²) in [6.45, 7) is 6.47. The molecule has 0 saturated carbocycles. The van der Waals surface area contributed by atoms with Gasteiger partial charge in [-0.3, -0.25) is 0 Å². The van der Waals surface area contributed by atoms with Crippen LogP contribution in [0.5, 0.6) is 0 Å². The molecule has 0 bridgehead atoms. The van der Waals surface area contributed by atoms with Gasteiger partial charge in [-0.15, -0.1) is 0 Å². The number of carboxylic acids is 1. The van der Waals surface area contributed by atoms with Gasteiger partial charge in [-0.2, -0.15) is 0 Å². The molecule has 0 aliphatic carbocycles. The van der Waals surface area contributed by atoms with Crippen LogP contribution in [-0.2, 0) is 11.3 Å². The van der Waals surface area contributed by atoms with Crippen molar-refractivity contribution in [2.75, 3.05) is 6.54 Å². The van der Waals surface area contributed by atoms with E-state index in [0.717, 1.165) is 0 Å². The summed E-state index contributed by atoms with van der Waals surface area (Å²) in [7, 11) is 0. The molecule has 0 aliphatic heterocycles. The van der Waals surface area contributed by atoms with E-state index in [1.54, 1.807) is 18.4 Å². The quantitative estimate of drug-likeness (QED) is 0.804. The Kier molecular flexibility index (Phi) is 6.09. The standard InChI is InChI=1S/C14H22N2O4/c1-4-16(9-11-6-5-7-20-11)14(19)15-12(13(17)18)8-10(2)3/h5-7,10,12H,4,8-9H2,1-3H3,(H,15,19)(H,17,18)/t12-/m0/s1. The molecule has 0 aromatic carbocycles. The summed E-state index contributed by atoms with van der Waals surface area (Å²) in [5.74, 6) is -0.157. The smallest absolute Gasteiger partial charge is 0.326 e. The Morgan fingerprint density at radius 3 is 2.60 bits per heavy atom. The summed E-state index contributed by atoms with van der Waals surface area (Å²) in [4.78, 5) is 24.8. The van der Waals surface area contributed by atoms with Crippen LogP contribution in [0.25, 0.3) is 0 Å². The van der Waals surface area contributed by atoms with Crippen LogP contribution in [0.4, 0.5) is 4.79 Å². The van der Waals surface area contributed by atoms with Crippen molar-refractivity contribution in [3.63, 3.8) is 0 Å². The van der Waals surface area contributed by atoms with Crippen molar-refractivity contribution in [1.29, 1.82) is 0 Å². The van der Waals surface area contributed by atoms with Gasteiger partial charge in [-0.05, 0) is 31.4 Å². The second-order valence-corrected chi connectivity index (χ2v) is 5.06. The maximum atomic E-state index is 12.1. The van der Waals surface area contributed by atoms with Crippen LogP contribution >= 0.6 is 0 Å². The second kappa shape index (κ2) is 7.57. The first-order valence-electron chi connectivity index (χ1n) is 6.74. The zero-order valence-electron chi connectivity index (χ0n) is 12.1. The van der Waals surface area contributed by atoms with E-state index in [1.807, 2.05) is 20.8 Å². The van der Waals surface area contributed by atoms with Crippen molar-refractivity contribution >= 4 is 12.0 Å². The number of carbonyl (C=O) groups is 2. The molecule has 2 N–H and O–H groups in total. The van der Waals surface area contributed by atoms with Crippen molar-refractivity contribution in [2.24, 2.45) is 5.92 Å². The predicted molar refractivity (Wildman–Crippen MR) is 74.2 cm³/mol. The minimum atomic E-state index is -1.01. The lowest BCUT2D eigenvalue weighted by atomic mass is 10.0. The molecule has 2 amide bonds. The van der Waals surface area contributed by atoms with Crippen LogP contribution in [-0.4, -0.2) is 34.6 Å². The summed E-state index contributed by atoms with van der Waals surface area (Å²) >= 11 is 0. The number of aliphatic carboxylic acids is 1. The number of carbonyl (C=O) groups excluding carboxylic acids is 1. The third-order valence-corrected chi connectivity index (χ3v) is 2.90. The Morgan fingerprint density at radius 1 is 1.45 bits per heavy atom. The molecule has 1 aromatic rings. The fourth-order valence-corrected chi connectivity index (χ4v) is 1.85. The van der Waals surface area contributed by atoms with Crippen LogP contribution in [0.15, 0.2) is 22.8 Å². The number of urea groups is 1. The molecule has 0 unspecified atom stereocenters. The molecule has 1 atom stereocenters. The van der Waals surface area contributed by atoms with E-state index in [-0.39, 0.29) is 5.92 Å². The third-order valence-electron chi connectivity index (χ3n) is 2.90. The molecule has 0 saturated heterocycles. The monoisotopic (exact) mass is 282 g/mol. The van der Waals surface area contributed by atoms with E-state index in [0.29, 0.717) is 25.3 Å². The van der Waals surface area contributed by atoms with Gasteiger partial charge in [0.2, 0.25) is 0 Å². The summed E-state index contributed by atoms with van der Waals surface area (Å²) < 4.78 is 5.19. The lowest BCUT2D eigenvalue weighted by Crippen LogP contribution is -2.48. The number of rotatable bonds is 7. The van der Waals surface area contributed by atoms with Gasteiger partial charge in [0, 0.05) is 6.54 Å². The zero-order chi connectivity index (χ0) is 15.1. The first-order valence-corrected chi connectivity index (χ1v) is 6.74. The molecule has 1 aromatic heterocycles. The van der Waals surface area contributed by atoms with Gasteiger partial charge in [-0.25, -0.2) is 9.59 Å². The van der Waals surface area contributed by atoms with Crippen molar-refractivity contribution in [2.45, 2.75) is 39.8 Å². The van der Waals surface area contributed by atoms with Gasteiger partial charge in [-0.1, -0.05) is 13.8 Å². The number of amides is 2. The maximum Gasteiger partial charge on any atom is 0.326 e. The van der Waals surface area contributed by atoms with Gasteiger partial charge in [0.05, 0.1) is 12.8 Å². The highest BCUT2D eigenvalue weighted by Crippen LogP contribution is 2.08. The van der Waals surface area contributed by atoms with Gasteiger partial charge in [0.15, 0.2) is 0 Å². The molecular formula is C14H22N2O4. The van der Waals surface area contributed by atoms with Gasteiger partial charge in [0.1, 0.15) is 11.8 Å². The van der Waals surface area contributed by atoms with E-state index >= 15 is 0 Å². The molecule has 112 valence electrons. The van der Waals surface area contributed by atoms with E-state index < -0.39 is 18.0 Å². The zero-order valence-corrected chi connectivity index (χ0v) is 12.1. The summed E-state index contributed by atoms with van der Waals surface area (Å²) in [6.07, 6.45) is 1.94. The fourth-order valence-electron chi connectivity index (χ4n) is 1.85. The molecule has 6 nitrogen and oxygen atoms in total. The fraction of sp³-hybridized carbons (Fsp3) is 0.571. The number of nitrogens with zero attached hydrogens (tertiary/aromatic N) is 1. The highest BCUT2D eigenvalue weighted by atomic mass is 16.4. The lowest BCUT2D eigenvalue weighted by molar-refractivity contribution is -0.139. The number of hydrogen-bond donors (Lipinski definition) is 2. The van der Waals surface area contributed by atoms with E-state index in [9.17, 15) is 9.59 Å². The lowest BCUT2D eigenvalue weighted by Gasteiger charge is -2.23. The second-order valence-electron chi connectivity index (χ2n) is 5.06. The van der Waals surface area contributed by atoms with Crippen molar-refractivity contribution in [3.05, 3.63) is 24.2 Å². The van der Waals surface area contributed by atoms with Gasteiger partial charge >= 0.3 is 12.0 Å². The number of carboxylic acid groups (broad SMARTS) is 1. The van der Waals surface area contributed by atoms with E-state index in [2.05, 4.69) is 5.32 Å². The molecule has 0 radical (unpaired) electrons. The minimum absolute atomic E-state index is 0.191. The minimum Gasteiger partial charge on any atom is -0.480 e. The first kappa shape index (κ1) is 16.1. The molecule has 0 spiro atoms. The van der Waals surface area contributed by atoms with E-state index in [1.165, 1.54) is 4.90 Å². The van der Waals surface area contributed by atoms with Crippen LogP contribution in [0.3, 0.4) is 0 Å². The topological polar surface area (TPSA) is 82.8 Å². The Bertz CT molecular complexity index is 428. The Labute approximate surface area is 118 Å². The number of hydrogen-bond acceptors (Lipinski definition) is 3. The normalized spacial score (nSPS) is 12.2. The highest BCUT2D eigenvalue weighted by molar-refractivity contribution is 5.82. The molecular weight excluding hydrogens is 260 g/mol. The molecule has 1 rings (SSSR count). The summed E-state index contributed by atoms with van der Waals surface area (Å²) in [5, 5.41) is 11.7. The molecule has 0 fully saturated rings. The largest absolute Gasteiger partial charge is 0.480 e. The Balaban J connectivity index is 2.63. The maximum absolute atomic E-state index is 12.1. The summed E-state index contributed by atoms with van der Waals surface area (Å²) in [5.41, 5.74) is 0. The third kappa shape index (κ3) is 4.95.